The molecule has 0 bridgehead atoms. The van der Waals surface area contributed by atoms with E-state index in [1.54, 1.807) is 0 Å². The van der Waals surface area contributed by atoms with Gasteiger partial charge in [-0.2, -0.15) is 17.6 Å². The molecule has 0 saturated carbocycles. The Morgan fingerprint density at radius 2 is 2.05 bits per heavy atom. The standard InChI is InChI=1S/C9H8ClF3N4O2S/c1-14-8(19)17(20)16-7(18)6-5(10)2-4(3-15-6)9(11,12)13/h2-3,20H,1H3,(H,14,19)(H,16,18). The van der Waals surface area contributed by atoms with Crippen molar-refractivity contribution in [3.63, 3.8) is 0 Å². The van der Waals surface area contributed by atoms with Gasteiger partial charge in [-0.15, -0.1) is 0 Å². The summed E-state index contributed by atoms with van der Waals surface area (Å²) in [5.41, 5.74) is 0.405. The normalized spacial score (nSPS) is 10.9. The van der Waals surface area contributed by atoms with E-state index in [-0.39, 0.29) is 0 Å². The van der Waals surface area contributed by atoms with Gasteiger partial charge in [-0.05, 0) is 18.9 Å². The zero-order valence-electron chi connectivity index (χ0n) is 9.82. The summed E-state index contributed by atoms with van der Waals surface area (Å²) in [7, 11) is 1.29. The molecule has 6 nitrogen and oxygen atoms in total. The summed E-state index contributed by atoms with van der Waals surface area (Å²) >= 11 is 9.19. The number of urea groups is 1. The molecule has 0 aliphatic heterocycles. The number of thiol groups is 1. The number of amides is 3. The molecule has 0 fully saturated rings. The van der Waals surface area contributed by atoms with Crippen LogP contribution >= 0.6 is 24.4 Å². The minimum atomic E-state index is -4.62. The van der Waals surface area contributed by atoms with Crippen LogP contribution in [-0.4, -0.2) is 28.4 Å². The first-order chi connectivity index (χ1) is 9.16. The molecule has 1 heterocycles. The van der Waals surface area contributed by atoms with Gasteiger partial charge in [0.1, 0.15) is 5.69 Å². The molecule has 20 heavy (non-hydrogen) atoms. The molecular formula is C9H8ClF3N4O2S. The SMILES string of the molecule is CNC(=O)N(S)NC(=O)c1ncc(C(F)(F)F)cc1Cl. The van der Waals surface area contributed by atoms with E-state index in [9.17, 15) is 22.8 Å². The number of hydrazine groups is 1. The van der Waals surface area contributed by atoms with Crippen LogP contribution in [0.3, 0.4) is 0 Å². The maximum atomic E-state index is 12.4. The fourth-order valence-electron chi connectivity index (χ4n) is 1.07. The highest BCUT2D eigenvalue weighted by Gasteiger charge is 2.32. The number of nitrogens with one attached hydrogen (secondary N) is 2. The Morgan fingerprint density at radius 3 is 2.50 bits per heavy atom. The van der Waals surface area contributed by atoms with Gasteiger partial charge in [0, 0.05) is 13.2 Å². The van der Waals surface area contributed by atoms with E-state index in [0.717, 1.165) is 0 Å². The van der Waals surface area contributed by atoms with Crippen LogP contribution in [0.2, 0.25) is 5.02 Å². The van der Waals surface area contributed by atoms with E-state index >= 15 is 0 Å². The number of hydrogen-bond donors (Lipinski definition) is 3. The van der Waals surface area contributed by atoms with E-state index in [1.807, 2.05) is 5.43 Å². The molecule has 11 heteroatoms. The first-order valence-corrected chi connectivity index (χ1v) is 5.69. The van der Waals surface area contributed by atoms with Gasteiger partial charge < -0.3 is 5.32 Å². The summed E-state index contributed by atoms with van der Waals surface area (Å²) in [5.74, 6) is -0.984. The van der Waals surface area contributed by atoms with E-state index in [0.29, 0.717) is 16.7 Å². The monoisotopic (exact) mass is 328 g/mol. The molecule has 1 rings (SSSR count). The molecule has 2 N–H and O–H groups in total. The van der Waals surface area contributed by atoms with Crippen molar-refractivity contribution in [2.24, 2.45) is 0 Å². The topological polar surface area (TPSA) is 74.3 Å². The van der Waals surface area contributed by atoms with Crippen molar-refractivity contribution in [3.8, 4) is 0 Å². The van der Waals surface area contributed by atoms with Gasteiger partial charge in [0.25, 0.3) is 5.91 Å². The van der Waals surface area contributed by atoms with Crippen LogP contribution in [0.25, 0.3) is 0 Å². The second-order valence-electron chi connectivity index (χ2n) is 3.36. The van der Waals surface area contributed by atoms with E-state index in [4.69, 9.17) is 11.6 Å². The molecule has 1 aromatic heterocycles. The highest BCUT2D eigenvalue weighted by Crippen LogP contribution is 2.30. The van der Waals surface area contributed by atoms with Gasteiger partial charge in [-0.25, -0.2) is 15.2 Å². The van der Waals surface area contributed by atoms with Gasteiger partial charge in [0.2, 0.25) is 0 Å². The van der Waals surface area contributed by atoms with Crippen molar-refractivity contribution in [2.45, 2.75) is 6.18 Å². The van der Waals surface area contributed by atoms with Crippen LogP contribution in [0, 0.1) is 0 Å². The Bertz CT molecular complexity index is 540. The van der Waals surface area contributed by atoms with Crippen molar-refractivity contribution in [1.82, 2.24) is 20.1 Å². The second kappa shape index (κ2) is 6.18. The van der Waals surface area contributed by atoms with Crippen molar-refractivity contribution < 1.29 is 22.8 Å². The Kier molecular flexibility index (Phi) is 5.06. The van der Waals surface area contributed by atoms with Crippen LogP contribution in [0.5, 0.6) is 0 Å². The minimum Gasteiger partial charge on any atom is -0.339 e. The first kappa shape index (κ1) is 16.4. The molecule has 0 aliphatic carbocycles. The summed E-state index contributed by atoms with van der Waals surface area (Å²) in [6.07, 6.45) is -4.16. The van der Waals surface area contributed by atoms with Crippen LogP contribution in [-0.2, 0) is 6.18 Å². The van der Waals surface area contributed by atoms with Crippen molar-refractivity contribution in [2.75, 3.05) is 7.05 Å². The zero-order chi connectivity index (χ0) is 15.5. The van der Waals surface area contributed by atoms with Gasteiger partial charge in [-0.1, -0.05) is 11.6 Å². The number of pyridine rings is 1. The molecular weight excluding hydrogens is 321 g/mol. The quantitative estimate of drug-likeness (QED) is 0.544. The predicted molar refractivity (Wildman–Crippen MR) is 67.0 cm³/mol. The maximum absolute atomic E-state index is 12.4. The average molecular weight is 329 g/mol. The van der Waals surface area contributed by atoms with Crippen molar-refractivity contribution in [1.29, 1.82) is 0 Å². The molecule has 0 spiro atoms. The Balaban J connectivity index is 2.93. The van der Waals surface area contributed by atoms with Crippen LogP contribution in [0.4, 0.5) is 18.0 Å². The fraction of sp³-hybridized carbons (Fsp3) is 0.222. The molecule has 1 aromatic rings. The number of aromatic nitrogens is 1. The van der Waals surface area contributed by atoms with Gasteiger partial charge in [0.05, 0.1) is 10.6 Å². The summed E-state index contributed by atoms with van der Waals surface area (Å²) in [5, 5.41) is 1.66. The largest absolute Gasteiger partial charge is 0.417 e. The average Bonchev–Trinajstić information content (AvgIpc) is 2.36. The van der Waals surface area contributed by atoms with Gasteiger partial charge >= 0.3 is 12.2 Å². The number of hydrogen-bond acceptors (Lipinski definition) is 4. The zero-order valence-corrected chi connectivity index (χ0v) is 11.5. The molecule has 0 saturated heterocycles. The third-order valence-corrected chi connectivity index (χ3v) is 2.57. The lowest BCUT2D eigenvalue weighted by Gasteiger charge is -2.16. The molecule has 0 atom stereocenters. The fourth-order valence-corrected chi connectivity index (χ4v) is 1.51. The summed E-state index contributed by atoms with van der Waals surface area (Å²) in [4.78, 5) is 26.0. The van der Waals surface area contributed by atoms with Gasteiger partial charge in [0.15, 0.2) is 0 Å². The lowest BCUT2D eigenvalue weighted by Crippen LogP contribution is -2.44. The number of halogens is 4. The third-order valence-electron chi connectivity index (χ3n) is 2.00. The maximum Gasteiger partial charge on any atom is 0.417 e. The van der Waals surface area contributed by atoms with Crippen LogP contribution in [0.1, 0.15) is 16.1 Å². The first-order valence-electron chi connectivity index (χ1n) is 4.91. The predicted octanol–water partition coefficient (Wildman–Crippen LogP) is 1.88. The molecule has 0 aromatic carbocycles. The number of rotatable bonds is 1. The molecule has 110 valence electrons. The van der Waals surface area contributed by atoms with Gasteiger partial charge in [-0.3, -0.25) is 4.79 Å². The van der Waals surface area contributed by atoms with E-state index in [1.165, 1.54) is 7.05 Å². The Labute approximate surface area is 121 Å². The van der Waals surface area contributed by atoms with Crippen molar-refractivity contribution >= 4 is 36.4 Å². The summed E-state index contributed by atoms with van der Waals surface area (Å²) in [6.45, 7) is 0. The summed E-state index contributed by atoms with van der Waals surface area (Å²) in [6, 6.07) is -0.198. The molecule has 0 unspecified atom stereocenters. The number of carbonyl (C=O) groups excluding carboxylic acids is 2. The smallest absolute Gasteiger partial charge is 0.339 e. The Hall–Kier alpha value is -1.68. The van der Waals surface area contributed by atoms with E-state index in [2.05, 4.69) is 23.1 Å². The lowest BCUT2D eigenvalue weighted by molar-refractivity contribution is -0.137. The number of alkyl halides is 3. The molecule has 0 radical (unpaired) electrons. The van der Waals surface area contributed by atoms with Crippen LogP contribution < -0.4 is 10.7 Å². The highest BCUT2D eigenvalue weighted by molar-refractivity contribution is 7.78. The number of carbonyl (C=O) groups is 2. The third kappa shape index (κ3) is 3.90. The number of nitrogens with zero attached hydrogens (tertiary/aromatic N) is 2. The summed E-state index contributed by atoms with van der Waals surface area (Å²) < 4.78 is 37.7. The Morgan fingerprint density at radius 1 is 1.45 bits per heavy atom. The highest BCUT2D eigenvalue weighted by atomic mass is 35.5. The molecule has 0 aliphatic rings. The van der Waals surface area contributed by atoms with Crippen molar-refractivity contribution in [3.05, 3.63) is 28.5 Å². The molecule has 3 amide bonds. The lowest BCUT2D eigenvalue weighted by atomic mass is 10.2. The van der Waals surface area contributed by atoms with E-state index < -0.39 is 34.4 Å². The second-order valence-corrected chi connectivity index (χ2v) is 4.17. The van der Waals surface area contributed by atoms with Crippen LogP contribution in [0.15, 0.2) is 12.3 Å². The minimum absolute atomic E-state index is 0.462.